The fourth-order valence-corrected chi connectivity index (χ4v) is 5.74. The van der Waals surface area contributed by atoms with Gasteiger partial charge in [-0.05, 0) is 43.0 Å². The summed E-state index contributed by atoms with van der Waals surface area (Å²) in [6.07, 6.45) is 1.70. The first-order valence-corrected chi connectivity index (χ1v) is 12.8. The minimum absolute atomic E-state index is 0.121. The molecule has 10 nitrogen and oxygen atoms in total. The normalized spacial score (nSPS) is 17.9. The molecule has 0 bridgehead atoms. The van der Waals surface area contributed by atoms with E-state index in [0.717, 1.165) is 41.4 Å². The van der Waals surface area contributed by atoms with Gasteiger partial charge < -0.3 is 19.9 Å². The third-order valence-electron chi connectivity index (χ3n) is 6.21. The lowest BCUT2D eigenvalue weighted by molar-refractivity contribution is -0.118. The van der Waals surface area contributed by atoms with Crippen molar-refractivity contribution in [2.45, 2.75) is 31.1 Å². The molecule has 0 unspecified atom stereocenters. The van der Waals surface area contributed by atoms with Gasteiger partial charge in [-0.3, -0.25) is 4.79 Å². The summed E-state index contributed by atoms with van der Waals surface area (Å²) in [5.74, 6) is 1.44. The van der Waals surface area contributed by atoms with Gasteiger partial charge in [0, 0.05) is 50.9 Å². The minimum Gasteiger partial charge on any atom is -0.378 e. The van der Waals surface area contributed by atoms with Crippen molar-refractivity contribution >= 4 is 33.4 Å². The second-order valence-corrected chi connectivity index (χ2v) is 10.3. The van der Waals surface area contributed by atoms with Gasteiger partial charge in [0.1, 0.15) is 5.82 Å². The highest BCUT2D eigenvalue weighted by Gasteiger charge is 2.32. The molecule has 0 aliphatic carbocycles. The number of nitrogens with zero attached hydrogens (tertiary/aromatic N) is 4. The molecule has 1 aromatic carbocycles. The van der Waals surface area contributed by atoms with E-state index >= 15 is 0 Å². The number of nitrogens with one attached hydrogen (secondary N) is 2. The van der Waals surface area contributed by atoms with Crippen LogP contribution in [-0.4, -0.2) is 70.2 Å². The van der Waals surface area contributed by atoms with E-state index in [9.17, 15) is 13.2 Å². The first kappa shape index (κ1) is 22.1. The fourth-order valence-electron chi connectivity index (χ4n) is 4.61. The SMILES string of the molecule is Cc1cc(N2CCOCC2)nc(NCCNS(=O)(=O)c2cc3c4c(c2)CCN4C(=O)CC3)n1. The Morgan fingerprint density at radius 3 is 2.55 bits per heavy atom. The van der Waals surface area contributed by atoms with Crippen molar-refractivity contribution in [2.24, 2.45) is 0 Å². The maximum atomic E-state index is 12.9. The van der Waals surface area contributed by atoms with Crippen LogP contribution in [0.1, 0.15) is 23.2 Å². The zero-order valence-electron chi connectivity index (χ0n) is 18.6. The molecule has 176 valence electrons. The Hall–Kier alpha value is -2.76. The van der Waals surface area contributed by atoms with Gasteiger partial charge in [0.15, 0.2) is 0 Å². The molecule has 3 aliphatic rings. The molecule has 2 aromatic rings. The Bertz CT molecular complexity index is 1180. The predicted molar refractivity (Wildman–Crippen MR) is 124 cm³/mol. The molecule has 1 aromatic heterocycles. The van der Waals surface area contributed by atoms with Gasteiger partial charge in [-0.1, -0.05) is 0 Å². The summed E-state index contributed by atoms with van der Waals surface area (Å²) in [6, 6.07) is 5.34. The molecule has 4 heterocycles. The van der Waals surface area contributed by atoms with Gasteiger partial charge in [0.05, 0.1) is 23.8 Å². The summed E-state index contributed by atoms with van der Waals surface area (Å²) < 4.78 is 33.9. The number of anilines is 3. The molecular formula is C22H28N6O4S. The van der Waals surface area contributed by atoms with Crippen molar-refractivity contribution in [1.29, 1.82) is 0 Å². The number of aromatic nitrogens is 2. The molecule has 1 saturated heterocycles. The van der Waals surface area contributed by atoms with Crippen LogP contribution in [-0.2, 0) is 32.4 Å². The van der Waals surface area contributed by atoms with Gasteiger partial charge in [0.2, 0.25) is 21.9 Å². The Kier molecular flexibility index (Phi) is 5.94. The van der Waals surface area contributed by atoms with Crippen LogP contribution in [0.25, 0.3) is 0 Å². The summed E-state index contributed by atoms with van der Waals surface area (Å²) in [5.41, 5.74) is 3.63. The molecule has 1 amide bonds. The lowest BCUT2D eigenvalue weighted by Gasteiger charge is -2.28. The molecule has 11 heteroatoms. The quantitative estimate of drug-likeness (QED) is 0.570. The number of benzene rings is 1. The Labute approximate surface area is 193 Å². The molecule has 0 spiro atoms. The maximum absolute atomic E-state index is 12.9. The summed E-state index contributed by atoms with van der Waals surface area (Å²) in [6.45, 7) is 6.00. The monoisotopic (exact) mass is 472 g/mol. The number of sulfonamides is 1. The molecule has 3 aliphatic heterocycles. The Balaban J connectivity index is 1.22. The van der Waals surface area contributed by atoms with Gasteiger partial charge >= 0.3 is 0 Å². The number of morpholine rings is 1. The van der Waals surface area contributed by atoms with Crippen LogP contribution in [0.4, 0.5) is 17.5 Å². The van der Waals surface area contributed by atoms with Crippen LogP contribution in [0.3, 0.4) is 0 Å². The van der Waals surface area contributed by atoms with Crippen molar-refractivity contribution in [3.8, 4) is 0 Å². The summed E-state index contributed by atoms with van der Waals surface area (Å²) in [4.78, 5) is 25.3. The Morgan fingerprint density at radius 2 is 1.76 bits per heavy atom. The van der Waals surface area contributed by atoms with Crippen LogP contribution < -0.4 is 19.8 Å². The zero-order valence-corrected chi connectivity index (χ0v) is 19.4. The number of ether oxygens (including phenoxy) is 1. The first-order valence-electron chi connectivity index (χ1n) is 11.3. The van der Waals surface area contributed by atoms with Crippen LogP contribution in [0.5, 0.6) is 0 Å². The maximum Gasteiger partial charge on any atom is 0.240 e. The fraction of sp³-hybridized carbons (Fsp3) is 0.500. The van der Waals surface area contributed by atoms with Crippen molar-refractivity contribution in [2.75, 3.05) is 61.1 Å². The second-order valence-electron chi connectivity index (χ2n) is 8.50. The van der Waals surface area contributed by atoms with E-state index in [4.69, 9.17) is 4.74 Å². The van der Waals surface area contributed by atoms with E-state index in [2.05, 4.69) is 24.9 Å². The highest BCUT2D eigenvalue weighted by Crippen LogP contribution is 2.38. The summed E-state index contributed by atoms with van der Waals surface area (Å²) in [7, 11) is -3.67. The van der Waals surface area contributed by atoms with Gasteiger partial charge in [-0.25, -0.2) is 18.1 Å². The van der Waals surface area contributed by atoms with E-state index < -0.39 is 10.0 Å². The summed E-state index contributed by atoms with van der Waals surface area (Å²) >= 11 is 0. The van der Waals surface area contributed by atoms with Crippen molar-refractivity contribution < 1.29 is 17.9 Å². The molecule has 0 saturated carbocycles. The molecule has 5 rings (SSSR count). The molecule has 2 N–H and O–H groups in total. The van der Waals surface area contributed by atoms with Gasteiger partial charge in [-0.15, -0.1) is 0 Å². The third-order valence-corrected chi connectivity index (χ3v) is 7.65. The third kappa shape index (κ3) is 4.53. The van der Waals surface area contributed by atoms with Crippen molar-refractivity contribution in [3.63, 3.8) is 0 Å². The number of amides is 1. The number of hydrogen-bond donors (Lipinski definition) is 2. The standard InChI is InChI=1S/C22H28N6O4S/c1-15-12-19(27-8-10-32-11-9-27)26-22(25-15)23-5-6-24-33(30,31)18-13-16-2-3-20(29)28-7-4-17(14-18)21(16)28/h12-14,24H,2-11H2,1H3,(H,23,25,26). The van der Waals surface area contributed by atoms with Crippen LogP contribution in [0, 0.1) is 6.92 Å². The molecule has 33 heavy (non-hydrogen) atoms. The van der Waals surface area contributed by atoms with Crippen LogP contribution in [0.2, 0.25) is 0 Å². The summed E-state index contributed by atoms with van der Waals surface area (Å²) in [5, 5.41) is 3.12. The van der Waals surface area contributed by atoms with Crippen molar-refractivity contribution in [3.05, 3.63) is 35.0 Å². The highest BCUT2D eigenvalue weighted by atomic mass is 32.2. The molecule has 0 radical (unpaired) electrons. The second kappa shape index (κ2) is 8.88. The average Bonchev–Trinajstić information content (AvgIpc) is 3.25. The lowest BCUT2D eigenvalue weighted by Crippen LogP contribution is -2.37. The molecular weight excluding hydrogens is 444 g/mol. The zero-order chi connectivity index (χ0) is 23.0. The van der Waals surface area contributed by atoms with Crippen molar-refractivity contribution in [1.82, 2.24) is 14.7 Å². The average molecular weight is 473 g/mol. The minimum atomic E-state index is -3.67. The van der Waals surface area contributed by atoms with E-state index in [1.807, 2.05) is 13.0 Å². The molecule has 0 atom stereocenters. The topological polar surface area (TPSA) is 117 Å². The van der Waals surface area contributed by atoms with Crippen LogP contribution >= 0.6 is 0 Å². The van der Waals surface area contributed by atoms with Gasteiger partial charge in [0.25, 0.3) is 0 Å². The highest BCUT2D eigenvalue weighted by molar-refractivity contribution is 7.89. The molecule has 1 fully saturated rings. The number of carbonyl (C=O) groups is 1. The first-order chi connectivity index (χ1) is 15.9. The van der Waals surface area contributed by atoms with E-state index in [-0.39, 0.29) is 17.3 Å². The van der Waals surface area contributed by atoms with E-state index in [1.165, 1.54) is 0 Å². The number of carbonyl (C=O) groups excluding carboxylic acids is 1. The largest absolute Gasteiger partial charge is 0.378 e. The Morgan fingerprint density at radius 1 is 1.00 bits per heavy atom. The van der Waals surface area contributed by atoms with Gasteiger partial charge in [-0.2, -0.15) is 4.98 Å². The number of aryl methyl sites for hydroxylation is 2. The smallest absolute Gasteiger partial charge is 0.240 e. The number of hydrogen-bond acceptors (Lipinski definition) is 8. The lowest BCUT2D eigenvalue weighted by atomic mass is 10.00. The predicted octanol–water partition coefficient (Wildman–Crippen LogP) is 0.847. The van der Waals surface area contributed by atoms with E-state index in [0.29, 0.717) is 51.5 Å². The van der Waals surface area contributed by atoms with Crippen LogP contribution in [0.15, 0.2) is 23.1 Å². The number of rotatable bonds is 7. The van der Waals surface area contributed by atoms with E-state index in [1.54, 1.807) is 17.0 Å².